The van der Waals surface area contributed by atoms with E-state index in [2.05, 4.69) is 10.3 Å². The summed E-state index contributed by atoms with van der Waals surface area (Å²) >= 11 is 0. The maximum Gasteiger partial charge on any atom is 0.308 e. The number of fused-ring (bicyclic) bond motifs is 1. The third kappa shape index (κ3) is 2.56. The lowest BCUT2D eigenvalue weighted by atomic mass is 10.0. The van der Waals surface area contributed by atoms with Gasteiger partial charge in [-0.15, -0.1) is 0 Å². The number of carboxylic acid groups (broad SMARTS) is 1. The van der Waals surface area contributed by atoms with Gasteiger partial charge in [0, 0.05) is 16.9 Å². The summed E-state index contributed by atoms with van der Waals surface area (Å²) in [7, 11) is 0. The highest BCUT2D eigenvalue weighted by Gasteiger charge is 2.34. The zero-order valence-corrected chi connectivity index (χ0v) is 12.1. The Kier molecular flexibility index (Phi) is 3.60. The van der Waals surface area contributed by atoms with Gasteiger partial charge in [0.15, 0.2) is 0 Å². The number of halogens is 1. The number of carbonyl (C=O) groups excluding carboxylic acids is 1. The van der Waals surface area contributed by atoms with Crippen LogP contribution in [0, 0.1) is 18.7 Å². The van der Waals surface area contributed by atoms with Crippen LogP contribution in [0.2, 0.25) is 0 Å². The van der Waals surface area contributed by atoms with E-state index in [4.69, 9.17) is 5.11 Å². The molecule has 22 heavy (non-hydrogen) atoms. The Morgan fingerprint density at radius 1 is 1.32 bits per heavy atom. The Labute approximate surface area is 126 Å². The van der Waals surface area contributed by atoms with Crippen molar-refractivity contribution in [3.05, 3.63) is 35.3 Å². The first-order valence-electron chi connectivity index (χ1n) is 7.28. The minimum absolute atomic E-state index is 0.319. The molecule has 0 bridgehead atoms. The molecule has 2 aromatic rings. The second kappa shape index (κ2) is 5.44. The number of rotatable bonds is 3. The number of aliphatic carboxylic acids is 1. The number of aromatic nitrogens is 1. The predicted octanol–water partition coefficient (Wildman–Crippen LogP) is 2.60. The van der Waals surface area contributed by atoms with Crippen molar-refractivity contribution in [2.75, 3.05) is 0 Å². The molecule has 2 atom stereocenters. The quantitative estimate of drug-likeness (QED) is 0.815. The van der Waals surface area contributed by atoms with Crippen LogP contribution in [0.25, 0.3) is 10.9 Å². The lowest BCUT2D eigenvalue weighted by molar-refractivity contribution is -0.142. The van der Waals surface area contributed by atoms with E-state index in [1.54, 1.807) is 13.0 Å². The van der Waals surface area contributed by atoms with Crippen LogP contribution in [-0.2, 0) is 4.79 Å². The Hall–Kier alpha value is -2.37. The molecule has 1 heterocycles. The Morgan fingerprint density at radius 2 is 2.09 bits per heavy atom. The first kappa shape index (κ1) is 14.6. The Bertz CT molecular complexity index is 753. The highest BCUT2D eigenvalue weighted by molar-refractivity contribution is 5.99. The van der Waals surface area contributed by atoms with Crippen LogP contribution in [-0.4, -0.2) is 28.0 Å². The van der Waals surface area contributed by atoms with Gasteiger partial charge in [0.1, 0.15) is 11.5 Å². The number of H-pyrrole nitrogens is 1. The molecule has 5 nitrogen and oxygen atoms in total. The van der Waals surface area contributed by atoms with Crippen LogP contribution < -0.4 is 5.32 Å². The molecule has 1 fully saturated rings. The summed E-state index contributed by atoms with van der Waals surface area (Å²) < 4.78 is 13.4. The number of hydrogen-bond acceptors (Lipinski definition) is 2. The summed E-state index contributed by atoms with van der Waals surface area (Å²) in [5, 5.41) is 12.7. The van der Waals surface area contributed by atoms with E-state index >= 15 is 0 Å². The molecule has 1 aromatic carbocycles. The maximum absolute atomic E-state index is 13.4. The molecule has 1 aliphatic carbocycles. The van der Waals surface area contributed by atoms with Crippen molar-refractivity contribution in [3.8, 4) is 0 Å². The van der Waals surface area contributed by atoms with Crippen LogP contribution in [0.5, 0.6) is 0 Å². The molecule has 0 unspecified atom stereocenters. The van der Waals surface area contributed by atoms with Gasteiger partial charge in [0.25, 0.3) is 5.91 Å². The number of hydrogen-bond donors (Lipinski definition) is 3. The van der Waals surface area contributed by atoms with Gasteiger partial charge in [-0.1, -0.05) is 6.42 Å². The van der Waals surface area contributed by atoms with E-state index in [0.717, 1.165) is 17.4 Å². The van der Waals surface area contributed by atoms with Gasteiger partial charge in [0.2, 0.25) is 0 Å². The predicted molar refractivity (Wildman–Crippen MR) is 79.2 cm³/mol. The van der Waals surface area contributed by atoms with Gasteiger partial charge in [-0.2, -0.15) is 0 Å². The van der Waals surface area contributed by atoms with Crippen molar-refractivity contribution in [2.45, 2.75) is 32.2 Å². The SMILES string of the molecule is Cc1cc(F)cc2[nH]c(C(=O)N[C@@H]3CCC[C@@H]3C(=O)O)cc12. The molecule has 6 heteroatoms. The maximum atomic E-state index is 13.4. The second-order valence-electron chi connectivity index (χ2n) is 5.82. The van der Waals surface area contributed by atoms with E-state index < -0.39 is 11.9 Å². The highest BCUT2D eigenvalue weighted by atomic mass is 19.1. The van der Waals surface area contributed by atoms with E-state index in [-0.39, 0.29) is 17.8 Å². The van der Waals surface area contributed by atoms with Gasteiger partial charge in [-0.05, 0) is 43.5 Å². The average molecular weight is 304 g/mol. The average Bonchev–Trinajstić information content (AvgIpc) is 3.04. The zero-order chi connectivity index (χ0) is 15.9. The summed E-state index contributed by atoms with van der Waals surface area (Å²) in [4.78, 5) is 26.4. The summed E-state index contributed by atoms with van der Waals surface area (Å²) in [5.74, 6) is -2.13. The Balaban J connectivity index is 1.83. The summed E-state index contributed by atoms with van der Waals surface area (Å²) in [6.07, 6.45) is 2.03. The lowest BCUT2D eigenvalue weighted by Gasteiger charge is -2.16. The van der Waals surface area contributed by atoms with Crippen LogP contribution in [0.3, 0.4) is 0 Å². The molecule has 1 saturated carbocycles. The van der Waals surface area contributed by atoms with Crippen molar-refractivity contribution in [2.24, 2.45) is 5.92 Å². The molecule has 3 rings (SSSR count). The van der Waals surface area contributed by atoms with Crippen LogP contribution in [0.4, 0.5) is 4.39 Å². The molecule has 1 aromatic heterocycles. The third-order valence-electron chi connectivity index (χ3n) is 4.30. The molecular weight excluding hydrogens is 287 g/mol. The molecule has 1 amide bonds. The number of amides is 1. The summed E-state index contributed by atoms with van der Waals surface area (Å²) in [6.45, 7) is 1.78. The van der Waals surface area contributed by atoms with Crippen molar-refractivity contribution in [1.29, 1.82) is 0 Å². The number of aromatic amines is 1. The van der Waals surface area contributed by atoms with E-state index in [1.807, 2.05) is 0 Å². The minimum Gasteiger partial charge on any atom is -0.481 e. The van der Waals surface area contributed by atoms with Gasteiger partial charge in [-0.25, -0.2) is 4.39 Å². The number of carbonyl (C=O) groups is 2. The van der Waals surface area contributed by atoms with E-state index in [0.29, 0.717) is 24.1 Å². The molecule has 0 spiro atoms. The fourth-order valence-electron chi connectivity index (χ4n) is 3.17. The van der Waals surface area contributed by atoms with Crippen molar-refractivity contribution in [1.82, 2.24) is 10.3 Å². The first-order valence-corrected chi connectivity index (χ1v) is 7.28. The van der Waals surface area contributed by atoms with Crippen molar-refractivity contribution in [3.63, 3.8) is 0 Å². The van der Waals surface area contributed by atoms with Crippen LogP contribution in [0.15, 0.2) is 18.2 Å². The fourth-order valence-corrected chi connectivity index (χ4v) is 3.17. The molecule has 0 aliphatic heterocycles. The number of nitrogens with one attached hydrogen (secondary N) is 2. The van der Waals surface area contributed by atoms with Crippen LogP contribution >= 0.6 is 0 Å². The molecule has 1 aliphatic rings. The van der Waals surface area contributed by atoms with Gasteiger partial charge < -0.3 is 15.4 Å². The molecule has 0 saturated heterocycles. The monoisotopic (exact) mass is 304 g/mol. The fraction of sp³-hybridized carbons (Fsp3) is 0.375. The normalized spacial score (nSPS) is 21.2. The van der Waals surface area contributed by atoms with Gasteiger partial charge in [-0.3, -0.25) is 9.59 Å². The zero-order valence-electron chi connectivity index (χ0n) is 12.1. The topological polar surface area (TPSA) is 82.2 Å². The van der Waals surface area contributed by atoms with Crippen LogP contribution in [0.1, 0.15) is 35.3 Å². The summed E-state index contributed by atoms with van der Waals surface area (Å²) in [6, 6.07) is 4.07. The minimum atomic E-state index is -0.877. The Morgan fingerprint density at radius 3 is 2.82 bits per heavy atom. The largest absolute Gasteiger partial charge is 0.481 e. The molecule has 3 N–H and O–H groups in total. The second-order valence-corrected chi connectivity index (χ2v) is 5.82. The molecule has 116 valence electrons. The van der Waals surface area contributed by atoms with E-state index in [9.17, 15) is 14.0 Å². The summed E-state index contributed by atoms with van der Waals surface area (Å²) in [5.41, 5.74) is 1.62. The third-order valence-corrected chi connectivity index (χ3v) is 4.30. The van der Waals surface area contributed by atoms with Crippen molar-refractivity contribution < 1.29 is 19.1 Å². The number of carboxylic acids is 1. The number of benzene rings is 1. The lowest BCUT2D eigenvalue weighted by Crippen LogP contribution is -2.40. The molecular formula is C16H17FN2O3. The van der Waals surface area contributed by atoms with Gasteiger partial charge >= 0.3 is 5.97 Å². The smallest absolute Gasteiger partial charge is 0.308 e. The number of aryl methyl sites for hydroxylation is 1. The van der Waals surface area contributed by atoms with Crippen molar-refractivity contribution >= 4 is 22.8 Å². The molecule has 0 radical (unpaired) electrons. The highest BCUT2D eigenvalue weighted by Crippen LogP contribution is 2.26. The standard InChI is InChI=1S/C16H17FN2O3/c1-8-5-9(17)6-13-11(8)7-14(18-13)15(20)19-12-4-2-3-10(12)16(21)22/h5-7,10,12,18H,2-4H2,1H3,(H,19,20)(H,21,22)/t10-,12+/m0/s1. The first-order chi connectivity index (χ1) is 10.5. The van der Waals surface area contributed by atoms with E-state index in [1.165, 1.54) is 12.1 Å². The van der Waals surface area contributed by atoms with Gasteiger partial charge in [0.05, 0.1) is 5.92 Å².